The van der Waals surface area contributed by atoms with Gasteiger partial charge in [-0.15, -0.1) is 0 Å². The van der Waals surface area contributed by atoms with E-state index in [-0.39, 0.29) is 16.9 Å². The predicted molar refractivity (Wildman–Crippen MR) is 200 cm³/mol. The lowest BCUT2D eigenvalue weighted by Gasteiger charge is -2.47. The highest BCUT2D eigenvalue weighted by Crippen LogP contribution is 2.54. The minimum absolute atomic E-state index is 0.0679. The van der Waals surface area contributed by atoms with Crippen molar-refractivity contribution in [3.63, 3.8) is 0 Å². The molecule has 0 unspecified atom stereocenters. The fourth-order valence-electron chi connectivity index (χ4n) is 6.81. The largest absolute Gasteiger partial charge is 0.493 e. The van der Waals surface area contributed by atoms with Gasteiger partial charge in [-0.1, -0.05) is 95.1 Å². The molecule has 5 rings (SSSR count). The van der Waals surface area contributed by atoms with Crippen molar-refractivity contribution in [1.29, 1.82) is 0 Å². The summed E-state index contributed by atoms with van der Waals surface area (Å²) in [6.45, 7) is 24.1. The Hall–Kier alpha value is -3.06. The molecular weight excluding hydrogens is 639 g/mol. The van der Waals surface area contributed by atoms with Gasteiger partial charge in [0.15, 0.2) is 0 Å². The molecule has 0 radical (unpaired) electrons. The van der Waals surface area contributed by atoms with Crippen molar-refractivity contribution < 1.29 is 9.53 Å². The van der Waals surface area contributed by atoms with Crippen molar-refractivity contribution >= 4 is 35.1 Å². The Morgan fingerprint density at radius 1 is 0.833 bits per heavy atom. The summed E-state index contributed by atoms with van der Waals surface area (Å²) in [7, 11) is 0. The number of amides is 2. The summed E-state index contributed by atoms with van der Waals surface area (Å²) < 4.78 is 6.33. The van der Waals surface area contributed by atoms with Crippen LogP contribution in [0.5, 0.6) is 5.75 Å². The SMILES string of the molecule is CCOc1cc(C(C)(C)C)ccc1C1=N[C@@](C)(c2ccc(Cl)cc2)[C@@](C)(c2ccc(Cl)cc2)N1C(=O)N1CCN(CCC(C)(C)C)CC1. The van der Waals surface area contributed by atoms with Gasteiger partial charge < -0.3 is 9.64 Å². The minimum Gasteiger partial charge on any atom is -0.493 e. The molecule has 2 heterocycles. The second-order valence-corrected chi connectivity index (χ2v) is 16.6. The number of ether oxygens (including phenoxy) is 1. The second-order valence-electron chi connectivity index (χ2n) is 15.7. The minimum atomic E-state index is -0.937. The monoisotopic (exact) mass is 690 g/mol. The van der Waals surface area contributed by atoms with E-state index in [1.54, 1.807) is 0 Å². The first-order chi connectivity index (χ1) is 22.5. The number of hydrogen-bond donors (Lipinski definition) is 0. The Labute approximate surface area is 298 Å². The normalized spacial score (nSPS) is 22.2. The molecule has 48 heavy (non-hydrogen) atoms. The molecule has 3 aromatic carbocycles. The molecule has 258 valence electrons. The maximum absolute atomic E-state index is 15.2. The number of rotatable bonds is 7. The van der Waals surface area contributed by atoms with Crippen molar-refractivity contribution in [3.8, 4) is 5.75 Å². The maximum atomic E-state index is 15.2. The van der Waals surface area contributed by atoms with Crippen LogP contribution in [0.3, 0.4) is 0 Å². The number of benzene rings is 3. The quantitative estimate of drug-likeness (QED) is 0.248. The first-order valence-electron chi connectivity index (χ1n) is 17.2. The maximum Gasteiger partial charge on any atom is 0.326 e. The van der Waals surface area contributed by atoms with E-state index in [0.29, 0.717) is 41.3 Å². The van der Waals surface area contributed by atoms with Crippen LogP contribution in [0.2, 0.25) is 10.0 Å². The zero-order valence-electron chi connectivity index (χ0n) is 30.2. The Bertz CT molecular complexity index is 1630. The molecule has 3 aromatic rings. The van der Waals surface area contributed by atoms with Gasteiger partial charge in [-0.3, -0.25) is 14.8 Å². The molecule has 0 bridgehead atoms. The first-order valence-corrected chi connectivity index (χ1v) is 17.9. The Balaban J connectivity index is 1.68. The van der Waals surface area contributed by atoms with Gasteiger partial charge in [0.1, 0.15) is 22.7 Å². The first kappa shape index (κ1) is 36.2. The fraction of sp³-hybridized carbons (Fsp3) is 0.500. The van der Waals surface area contributed by atoms with E-state index >= 15 is 4.79 Å². The summed E-state index contributed by atoms with van der Waals surface area (Å²) >= 11 is 12.8. The van der Waals surface area contributed by atoms with E-state index in [9.17, 15) is 0 Å². The van der Waals surface area contributed by atoms with Crippen LogP contribution in [0.15, 0.2) is 71.7 Å². The summed E-state index contributed by atoms with van der Waals surface area (Å²) in [4.78, 5) is 27.2. The molecule has 1 saturated heterocycles. The number of amidine groups is 1. The molecule has 6 nitrogen and oxygen atoms in total. The van der Waals surface area contributed by atoms with E-state index in [1.165, 1.54) is 0 Å². The molecule has 0 aromatic heterocycles. The third-order valence-corrected chi connectivity index (χ3v) is 10.7. The summed E-state index contributed by atoms with van der Waals surface area (Å²) in [5.74, 6) is 1.31. The van der Waals surface area contributed by atoms with Crippen LogP contribution in [0.4, 0.5) is 4.79 Å². The van der Waals surface area contributed by atoms with Crippen LogP contribution >= 0.6 is 23.2 Å². The highest BCUT2D eigenvalue weighted by atomic mass is 35.5. The van der Waals surface area contributed by atoms with Crippen LogP contribution in [-0.2, 0) is 16.5 Å². The second kappa shape index (κ2) is 13.7. The van der Waals surface area contributed by atoms with Gasteiger partial charge >= 0.3 is 6.03 Å². The van der Waals surface area contributed by atoms with E-state index in [0.717, 1.165) is 48.3 Å². The van der Waals surface area contributed by atoms with Gasteiger partial charge in [-0.2, -0.15) is 0 Å². The predicted octanol–water partition coefficient (Wildman–Crippen LogP) is 9.76. The van der Waals surface area contributed by atoms with Crippen molar-refractivity contribution in [2.45, 2.75) is 85.2 Å². The zero-order chi connectivity index (χ0) is 35.1. The number of urea groups is 1. The molecule has 8 heteroatoms. The van der Waals surface area contributed by atoms with Gasteiger partial charge in [0.2, 0.25) is 0 Å². The average Bonchev–Trinajstić information content (AvgIpc) is 3.27. The number of nitrogens with zero attached hydrogens (tertiary/aromatic N) is 4. The summed E-state index contributed by atoms with van der Waals surface area (Å²) in [6, 6.07) is 21.9. The van der Waals surface area contributed by atoms with Crippen molar-refractivity contribution in [1.82, 2.24) is 14.7 Å². The number of aliphatic imine (C=N–C) groups is 1. The lowest BCUT2D eigenvalue weighted by atomic mass is 9.71. The van der Waals surface area contributed by atoms with Crippen molar-refractivity contribution in [3.05, 3.63) is 99.0 Å². The van der Waals surface area contributed by atoms with Gasteiger partial charge in [0.25, 0.3) is 0 Å². The van der Waals surface area contributed by atoms with Crippen LogP contribution < -0.4 is 4.74 Å². The Morgan fingerprint density at radius 2 is 1.40 bits per heavy atom. The van der Waals surface area contributed by atoms with E-state index in [2.05, 4.69) is 78.5 Å². The molecule has 2 aliphatic heterocycles. The van der Waals surface area contributed by atoms with Gasteiger partial charge in [-0.05, 0) is 97.7 Å². The molecule has 1 fully saturated rings. The number of carbonyl (C=O) groups excluding carboxylic acids is 1. The molecule has 0 N–H and O–H groups in total. The van der Waals surface area contributed by atoms with E-state index < -0.39 is 11.1 Å². The summed E-state index contributed by atoms with van der Waals surface area (Å²) in [6.07, 6.45) is 1.11. The smallest absolute Gasteiger partial charge is 0.326 e. The molecule has 0 aliphatic carbocycles. The van der Waals surface area contributed by atoms with Crippen molar-refractivity contribution in [2.75, 3.05) is 39.3 Å². The molecule has 0 spiro atoms. The van der Waals surface area contributed by atoms with E-state index in [4.69, 9.17) is 32.9 Å². The van der Waals surface area contributed by atoms with Gasteiger partial charge in [-0.25, -0.2) is 4.79 Å². The van der Waals surface area contributed by atoms with Gasteiger partial charge in [0.05, 0.1) is 12.2 Å². The molecule has 2 atom stereocenters. The van der Waals surface area contributed by atoms with Crippen LogP contribution in [0, 0.1) is 5.41 Å². The summed E-state index contributed by atoms with van der Waals surface area (Å²) in [5, 5.41) is 1.28. The third-order valence-electron chi connectivity index (χ3n) is 10.1. The lowest BCUT2D eigenvalue weighted by molar-refractivity contribution is 0.0839. The van der Waals surface area contributed by atoms with Gasteiger partial charge in [0, 0.05) is 36.2 Å². The highest BCUT2D eigenvalue weighted by molar-refractivity contribution is 6.30. The lowest BCUT2D eigenvalue weighted by Crippen LogP contribution is -2.60. The van der Waals surface area contributed by atoms with Crippen LogP contribution in [0.1, 0.15) is 91.0 Å². The number of piperazine rings is 1. The average molecular weight is 692 g/mol. The summed E-state index contributed by atoms with van der Waals surface area (Å²) in [5.41, 5.74) is 2.18. The standard InChI is InChI=1S/C40H52Cl2N4O2/c1-10-48-34-27-30(38(5,6)7)15-20-33(34)35-43-39(8,28-11-16-31(41)17-12-28)40(9,29-13-18-32(42)19-14-29)46(35)36(47)45-25-23-44(24-26-45)22-21-37(2,3)4/h11-20,27H,10,21-26H2,1-9H3/t39-,40+/m0/s1. The molecule has 2 aliphatic rings. The molecule has 2 amide bonds. The molecular formula is C40H52Cl2N4O2. The zero-order valence-corrected chi connectivity index (χ0v) is 31.7. The van der Waals surface area contributed by atoms with Crippen LogP contribution in [-0.4, -0.2) is 65.9 Å². The number of carbonyl (C=O) groups is 1. The number of halogens is 2. The fourth-order valence-corrected chi connectivity index (χ4v) is 7.07. The topological polar surface area (TPSA) is 48.4 Å². The van der Waals surface area contributed by atoms with Crippen LogP contribution in [0.25, 0.3) is 0 Å². The van der Waals surface area contributed by atoms with E-state index in [1.807, 2.05) is 65.3 Å². The number of hydrogen-bond acceptors (Lipinski definition) is 4. The highest BCUT2D eigenvalue weighted by Gasteiger charge is 2.60. The molecule has 0 saturated carbocycles. The third kappa shape index (κ3) is 7.13. The Kier molecular flexibility index (Phi) is 10.3. The van der Waals surface area contributed by atoms with Crippen molar-refractivity contribution in [2.24, 2.45) is 10.4 Å². The Morgan fingerprint density at radius 3 is 1.92 bits per heavy atom.